The Balaban J connectivity index is 1.27. The van der Waals surface area contributed by atoms with Crippen molar-refractivity contribution < 1.29 is 13.9 Å². The molecule has 1 aliphatic heterocycles. The van der Waals surface area contributed by atoms with E-state index in [9.17, 15) is 9.59 Å². The quantitative estimate of drug-likeness (QED) is 0.393. The number of fused-ring (bicyclic) bond motifs is 1. The summed E-state index contributed by atoms with van der Waals surface area (Å²) in [6.45, 7) is 9.88. The fourth-order valence-electron chi connectivity index (χ4n) is 5.25. The Kier molecular flexibility index (Phi) is 7.93. The summed E-state index contributed by atoms with van der Waals surface area (Å²) >= 11 is 0. The zero-order valence-electron chi connectivity index (χ0n) is 23.3. The van der Waals surface area contributed by atoms with Crippen LogP contribution in [0.2, 0.25) is 0 Å². The van der Waals surface area contributed by atoms with Crippen LogP contribution in [-0.2, 0) is 11.3 Å². The van der Waals surface area contributed by atoms with E-state index in [-0.39, 0.29) is 6.04 Å². The van der Waals surface area contributed by atoms with Crippen molar-refractivity contribution in [2.45, 2.75) is 52.4 Å². The van der Waals surface area contributed by atoms with Gasteiger partial charge >= 0.3 is 11.8 Å². The predicted molar refractivity (Wildman–Crippen MR) is 155 cm³/mol. The van der Waals surface area contributed by atoms with Crippen LogP contribution in [0.4, 0.5) is 10.5 Å². The number of amides is 1. The van der Waals surface area contributed by atoms with Gasteiger partial charge in [0.1, 0.15) is 0 Å². The van der Waals surface area contributed by atoms with Crippen molar-refractivity contribution in [3.8, 4) is 0 Å². The molecule has 2 heterocycles. The summed E-state index contributed by atoms with van der Waals surface area (Å²) in [4.78, 5) is 31.5. The number of ether oxygens (including phenoxy) is 1. The summed E-state index contributed by atoms with van der Waals surface area (Å²) in [5.74, 6) is -0.535. The van der Waals surface area contributed by atoms with Gasteiger partial charge in [-0.2, -0.15) is 0 Å². The molecule has 8 heteroatoms. The molecule has 8 nitrogen and oxygen atoms in total. The van der Waals surface area contributed by atoms with Gasteiger partial charge in [0.2, 0.25) is 0 Å². The van der Waals surface area contributed by atoms with Crippen molar-refractivity contribution in [3.05, 3.63) is 82.4 Å². The number of para-hydroxylation sites is 1. The SMILES string of the molecule is CC(C)N(C)C(=O)OC(C)n1c(=O)oc2c(N3CCN(Cc4cccc(C5=CC=CCC5)c4)CC3)cccc21. The van der Waals surface area contributed by atoms with Gasteiger partial charge in [-0.25, -0.2) is 14.2 Å². The lowest BCUT2D eigenvalue weighted by Crippen LogP contribution is -2.46. The zero-order valence-corrected chi connectivity index (χ0v) is 23.3. The summed E-state index contributed by atoms with van der Waals surface area (Å²) in [7, 11) is 1.68. The molecule has 206 valence electrons. The van der Waals surface area contributed by atoms with Crippen LogP contribution in [-0.4, -0.2) is 59.7 Å². The maximum Gasteiger partial charge on any atom is 0.423 e. The number of hydrogen-bond donors (Lipinski definition) is 0. The van der Waals surface area contributed by atoms with Gasteiger partial charge in [0.25, 0.3) is 0 Å². The monoisotopic (exact) mass is 530 g/mol. The van der Waals surface area contributed by atoms with E-state index in [2.05, 4.69) is 52.3 Å². The highest BCUT2D eigenvalue weighted by Crippen LogP contribution is 2.30. The first kappa shape index (κ1) is 26.8. The van der Waals surface area contributed by atoms with E-state index in [0.717, 1.165) is 51.3 Å². The molecule has 0 spiro atoms. The number of allylic oxidation sites excluding steroid dienone is 4. The summed E-state index contributed by atoms with van der Waals surface area (Å²) in [5, 5.41) is 0. The van der Waals surface area contributed by atoms with Gasteiger partial charge in [-0.15, -0.1) is 0 Å². The minimum atomic E-state index is -0.796. The normalized spacial score (nSPS) is 16.9. The first-order chi connectivity index (χ1) is 18.8. The van der Waals surface area contributed by atoms with Gasteiger partial charge in [-0.05, 0) is 62.4 Å². The van der Waals surface area contributed by atoms with Gasteiger partial charge in [0.15, 0.2) is 11.8 Å². The van der Waals surface area contributed by atoms with Crippen LogP contribution in [0, 0.1) is 0 Å². The zero-order chi connectivity index (χ0) is 27.5. The lowest BCUT2D eigenvalue weighted by Gasteiger charge is -2.36. The second-order valence-corrected chi connectivity index (χ2v) is 10.7. The Morgan fingerprint density at radius 3 is 2.56 bits per heavy atom. The molecule has 0 saturated carbocycles. The van der Waals surface area contributed by atoms with E-state index in [0.29, 0.717) is 11.1 Å². The Hall–Kier alpha value is -3.78. The third kappa shape index (κ3) is 5.81. The van der Waals surface area contributed by atoms with Crippen LogP contribution >= 0.6 is 0 Å². The van der Waals surface area contributed by atoms with Crippen LogP contribution in [0.3, 0.4) is 0 Å². The van der Waals surface area contributed by atoms with Crippen molar-refractivity contribution >= 4 is 28.5 Å². The molecule has 2 aromatic carbocycles. The van der Waals surface area contributed by atoms with Crippen molar-refractivity contribution in [1.29, 1.82) is 0 Å². The number of aromatic nitrogens is 1. The predicted octanol–water partition coefficient (Wildman–Crippen LogP) is 5.65. The molecule has 1 aliphatic carbocycles. The fourth-order valence-corrected chi connectivity index (χ4v) is 5.25. The van der Waals surface area contributed by atoms with Crippen molar-refractivity contribution in [3.63, 3.8) is 0 Å². The van der Waals surface area contributed by atoms with Crippen LogP contribution < -0.4 is 10.7 Å². The molecule has 1 unspecified atom stereocenters. The average Bonchev–Trinajstić information content (AvgIpc) is 3.29. The maximum atomic E-state index is 12.9. The molecular formula is C31H38N4O4. The molecule has 5 rings (SSSR count). The maximum absolute atomic E-state index is 12.9. The molecular weight excluding hydrogens is 492 g/mol. The number of carbonyl (C=O) groups is 1. The summed E-state index contributed by atoms with van der Waals surface area (Å²) in [6, 6.07) is 14.6. The van der Waals surface area contributed by atoms with Crippen molar-refractivity contribution in [1.82, 2.24) is 14.4 Å². The van der Waals surface area contributed by atoms with E-state index in [1.165, 1.54) is 26.2 Å². The number of carbonyl (C=O) groups excluding carboxylic acids is 1. The molecule has 2 aliphatic rings. The minimum absolute atomic E-state index is 0.0107. The molecule has 1 saturated heterocycles. The number of anilines is 1. The van der Waals surface area contributed by atoms with Gasteiger partial charge in [0.05, 0.1) is 11.2 Å². The number of rotatable bonds is 7. The van der Waals surface area contributed by atoms with E-state index in [1.807, 2.05) is 32.0 Å². The van der Waals surface area contributed by atoms with Gasteiger partial charge in [0, 0.05) is 45.8 Å². The molecule has 0 N–H and O–H groups in total. The van der Waals surface area contributed by atoms with E-state index >= 15 is 0 Å². The molecule has 0 radical (unpaired) electrons. The Labute approximate surface area is 229 Å². The standard InChI is InChI=1S/C31H38N4O4/c1-22(2)32(4)30(36)38-23(3)35-28-15-9-14-27(29(28)39-31(35)37)34-18-16-33(17-19-34)21-24-10-8-13-26(20-24)25-11-6-5-7-12-25/h5-6,8-11,13-15,20,22-23H,7,12,16-19,21H2,1-4H3. The number of oxazole rings is 1. The summed E-state index contributed by atoms with van der Waals surface area (Å²) < 4.78 is 12.7. The van der Waals surface area contributed by atoms with Crippen LogP contribution in [0.15, 0.2) is 69.9 Å². The summed E-state index contributed by atoms with van der Waals surface area (Å²) in [5.41, 5.74) is 6.09. The average molecular weight is 531 g/mol. The Morgan fingerprint density at radius 1 is 1.08 bits per heavy atom. The largest absolute Gasteiger partial charge is 0.425 e. The fraction of sp³-hybridized carbons (Fsp3) is 0.419. The number of hydrogen-bond acceptors (Lipinski definition) is 6. The Morgan fingerprint density at radius 2 is 1.85 bits per heavy atom. The number of nitrogens with zero attached hydrogens (tertiary/aromatic N) is 4. The van der Waals surface area contributed by atoms with E-state index < -0.39 is 18.1 Å². The van der Waals surface area contributed by atoms with Gasteiger partial charge < -0.3 is 19.0 Å². The van der Waals surface area contributed by atoms with E-state index in [1.54, 1.807) is 14.0 Å². The lowest BCUT2D eigenvalue weighted by atomic mass is 9.96. The van der Waals surface area contributed by atoms with Gasteiger partial charge in [-0.1, -0.05) is 48.6 Å². The molecule has 1 aromatic heterocycles. The highest BCUT2D eigenvalue weighted by Gasteiger charge is 2.25. The third-order valence-electron chi connectivity index (χ3n) is 7.75. The smallest absolute Gasteiger partial charge is 0.423 e. The summed E-state index contributed by atoms with van der Waals surface area (Å²) in [6.07, 6.45) is 7.52. The molecule has 3 aromatic rings. The van der Waals surface area contributed by atoms with Crippen LogP contribution in [0.5, 0.6) is 0 Å². The van der Waals surface area contributed by atoms with Crippen molar-refractivity contribution in [2.24, 2.45) is 0 Å². The first-order valence-corrected chi connectivity index (χ1v) is 13.8. The molecule has 1 atom stereocenters. The van der Waals surface area contributed by atoms with Crippen molar-refractivity contribution in [2.75, 3.05) is 38.1 Å². The van der Waals surface area contributed by atoms with E-state index in [4.69, 9.17) is 9.15 Å². The molecule has 0 bridgehead atoms. The molecule has 1 fully saturated rings. The highest BCUT2D eigenvalue weighted by atomic mass is 16.6. The topological polar surface area (TPSA) is 71.2 Å². The second kappa shape index (κ2) is 11.5. The molecule has 1 amide bonds. The van der Waals surface area contributed by atoms with Gasteiger partial charge in [-0.3, -0.25) is 4.90 Å². The number of benzene rings is 2. The first-order valence-electron chi connectivity index (χ1n) is 13.8. The second-order valence-electron chi connectivity index (χ2n) is 10.7. The number of piperazine rings is 1. The third-order valence-corrected chi connectivity index (χ3v) is 7.75. The molecule has 39 heavy (non-hydrogen) atoms. The van der Waals surface area contributed by atoms with Crippen LogP contribution in [0.1, 0.15) is 51.0 Å². The van der Waals surface area contributed by atoms with Crippen LogP contribution in [0.25, 0.3) is 16.7 Å². The Bertz CT molecular complexity index is 1440. The highest BCUT2D eigenvalue weighted by molar-refractivity contribution is 5.87. The minimum Gasteiger partial charge on any atom is -0.425 e. The lowest BCUT2D eigenvalue weighted by molar-refractivity contribution is 0.0369.